The summed E-state index contributed by atoms with van der Waals surface area (Å²) >= 11 is 0. The molecular weight excluding hydrogens is 318 g/mol. The van der Waals surface area contributed by atoms with Crippen molar-refractivity contribution >= 4 is 6.03 Å². The molecule has 2 aromatic rings. The first-order valence-electron chi connectivity index (χ1n) is 8.81. The average molecular weight is 343 g/mol. The maximum Gasteiger partial charge on any atom is 0.315 e. The predicted molar refractivity (Wildman–Crippen MR) is 94.2 cm³/mol. The monoisotopic (exact) mass is 343 g/mol. The van der Waals surface area contributed by atoms with E-state index in [1.54, 1.807) is 18.7 Å². The molecule has 1 saturated carbocycles. The molecular formula is C18H25N5O2. The molecule has 3 rings (SSSR count). The van der Waals surface area contributed by atoms with Gasteiger partial charge in [-0.25, -0.2) is 14.8 Å². The Morgan fingerprint density at radius 3 is 3.00 bits per heavy atom. The second-order valence-corrected chi connectivity index (χ2v) is 6.51. The van der Waals surface area contributed by atoms with Gasteiger partial charge < -0.3 is 19.9 Å². The molecule has 0 aromatic carbocycles. The van der Waals surface area contributed by atoms with Crippen LogP contribution in [0.4, 0.5) is 4.79 Å². The maximum absolute atomic E-state index is 12.0. The molecule has 0 bridgehead atoms. The number of imidazole rings is 1. The zero-order chi connectivity index (χ0) is 17.5. The van der Waals surface area contributed by atoms with Gasteiger partial charge in [0.05, 0.1) is 6.33 Å². The Bertz CT molecular complexity index is 668. The van der Waals surface area contributed by atoms with Crippen molar-refractivity contribution in [3.8, 4) is 5.88 Å². The molecule has 1 aliphatic rings. The van der Waals surface area contributed by atoms with Crippen LogP contribution in [-0.2, 0) is 13.1 Å². The number of ether oxygens (including phenoxy) is 1. The van der Waals surface area contributed by atoms with Crippen LogP contribution in [-0.4, -0.2) is 32.7 Å². The number of rotatable bonds is 7. The Morgan fingerprint density at radius 2 is 2.24 bits per heavy atom. The van der Waals surface area contributed by atoms with E-state index in [1.165, 1.54) is 12.8 Å². The van der Waals surface area contributed by atoms with Crippen LogP contribution in [0.3, 0.4) is 0 Å². The number of aromatic nitrogens is 3. The number of hydrogen-bond donors (Lipinski definition) is 2. The summed E-state index contributed by atoms with van der Waals surface area (Å²) in [7, 11) is 0. The van der Waals surface area contributed by atoms with E-state index >= 15 is 0 Å². The van der Waals surface area contributed by atoms with Gasteiger partial charge in [-0.1, -0.05) is 0 Å². The third-order valence-corrected chi connectivity index (χ3v) is 4.26. The van der Waals surface area contributed by atoms with E-state index in [1.807, 2.05) is 29.8 Å². The molecule has 2 aromatic heterocycles. The summed E-state index contributed by atoms with van der Waals surface area (Å²) < 4.78 is 7.83. The molecule has 0 radical (unpaired) electrons. The fraction of sp³-hybridized carbons (Fsp3) is 0.500. The summed E-state index contributed by atoms with van der Waals surface area (Å²) in [4.78, 5) is 20.3. The molecule has 1 aliphatic carbocycles. The van der Waals surface area contributed by atoms with Gasteiger partial charge in [0.15, 0.2) is 0 Å². The summed E-state index contributed by atoms with van der Waals surface area (Å²) in [6, 6.07) is 3.60. The number of carbonyl (C=O) groups is 1. The van der Waals surface area contributed by atoms with Gasteiger partial charge in [-0.3, -0.25) is 0 Å². The molecule has 0 saturated heterocycles. The maximum atomic E-state index is 12.0. The van der Waals surface area contributed by atoms with Crippen molar-refractivity contribution in [3.63, 3.8) is 0 Å². The van der Waals surface area contributed by atoms with E-state index in [-0.39, 0.29) is 18.2 Å². The molecule has 7 nitrogen and oxygen atoms in total. The highest BCUT2D eigenvalue weighted by Gasteiger charge is 2.17. The average Bonchev–Trinajstić information content (AvgIpc) is 3.27. The Labute approximate surface area is 147 Å². The highest BCUT2D eigenvalue weighted by atomic mass is 16.5. The minimum absolute atomic E-state index is 0.00732. The molecule has 2 amide bonds. The van der Waals surface area contributed by atoms with E-state index in [9.17, 15) is 4.79 Å². The highest BCUT2D eigenvalue weighted by molar-refractivity contribution is 5.74. The Kier molecular flexibility index (Phi) is 5.87. The number of amides is 2. The minimum atomic E-state index is -0.192. The fourth-order valence-corrected chi connectivity index (χ4v) is 3.02. The molecule has 2 N–H and O–H groups in total. The van der Waals surface area contributed by atoms with E-state index in [0.717, 1.165) is 18.4 Å². The Morgan fingerprint density at radius 1 is 1.40 bits per heavy atom. The molecule has 0 spiro atoms. The third-order valence-electron chi connectivity index (χ3n) is 4.26. The lowest BCUT2D eigenvalue weighted by Crippen LogP contribution is -2.42. The van der Waals surface area contributed by atoms with Crippen LogP contribution in [0.5, 0.6) is 5.88 Å². The molecule has 134 valence electrons. The van der Waals surface area contributed by atoms with Crippen LogP contribution in [0, 0.1) is 0 Å². The normalized spacial score (nSPS) is 15.7. The first kappa shape index (κ1) is 17.3. The van der Waals surface area contributed by atoms with Gasteiger partial charge in [-0.2, -0.15) is 0 Å². The van der Waals surface area contributed by atoms with Crippen molar-refractivity contribution < 1.29 is 9.53 Å². The lowest BCUT2D eigenvalue weighted by molar-refractivity contribution is 0.201. The van der Waals surface area contributed by atoms with E-state index in [4.69, 9.17) is 4.74 Å². The second-order valence-electron chi connectivity index (χ2n) is 6.51. The number of pyridine rings is 1. The minimum Gasteiger partial charge on any atom is -0.474 e. The molecule has 25 heavy (non-hydrogen) atoms. The number of urea groups is 1. The molecule has 1 fully saturated rings. The van der Waals surface area contributed by atoms with Crippen LogP contribution in [0.2, 0.25) is 0 Å². The SMILES string of the molecule is CC(Cn1ccnc1)NC(=O)NCc1ccnc(OC2CCCC2)c1. The first-order chi connectivity index (χ1) is 12.2. The molecule has 1 unspecified atom stereocenters. The van der Waals surface area contributed by atoms with Gasteiger partial charge in [0, 0.05) is 43.8 Å². The topological polar surface area (TPSA) is 81.1 Å². The number of hydrogen-bond acceptors (Lipinski definition) is 4. The second kappa shape index (κ2) is 8.50. The summed E-state index contributed by atoms with van der Waals surface area (Å²) in [5.74, 6) is 0.639. The van der Waals surface area contributed by atoms with Crippen molar-refractivity contribution in [1.82, 2.24) is 25.2 Å². The number of nitrogens with zero attached hydrogens (tertiary/aromatic N) is 3. The van der Waals surface area contributed by atoms with Gasteiger partial charge >= 0.3 is 6.03 Å². The van der Waals surface area contributed by atoms with Crippen LogP contribution < -0.4 is 15.4 Å². The van der Waals surface area contributed by atoms with Crippen molar-refractivity contribution in [2.45, 2.75) is 57.8 Å². The Balaban J connectivity index is 1.43. The summed E-state index contributed by atoms with van der Waals surface area (Å²) in [6.07, 6.45) is 12.0. The zero-order valence-corrected chi connectivity index (χ0v) is 14.5. The van der Waals surface area contributed by atoms with Crippen LogP contribution in [0.25, 0.3) is 0 Å². The van der Waals surface area contributed by atoms with E-state index in [0.29, 0.717) is 19.0 Å². The van der Waals surface area contributed by atoms with E-state index in [2.05, 4.69) is 20.6 Å². The number of nitrogens with one attached hydrogen (secondary N) is 2. The van der Waals surface area contributed by atoms with Gasteiger partial charge in [-0.05, 0) is 44.2 Å². The molecule has 7 heteroatoms. The van der Waals surface area contributed by atoms with Crippen LogP contribution in [0.1, 0.15) is 38.2 Å². The zero-order valence-electron chi connectivity index (χ0n) is 14.5. The number of carbonyl (C=O) groups excluding carboxylic acids is 1. The lowest BCUT2D eigenvalue weighted by atomic mass is 10.2. The largest absolute Gasteiger partial charge is 0.474 e. The van der Waals surface area contributed by atoms with Crippen molar-refractivity contribution in [2.75, 3.05) is 0 Å². The van der Waals surface area contributed by atoms with Crippen molar-refractivity contribution in [3.05, 3.63) is 42.6 Å². The van der Waals surface area contributed by atoms with Gasteiger partial charge in [-0.15, -0.1) is 0 Å². The Hall–Kier alpha value is -2.57. The van der Waals surface area contributed by atoms with Gasteiger partial charge in [0.2, 0.25) is 5.88 Å². The lowest BCUT2D eigenvalue weighted by Gasteiger charge is -2.15. The first-order valence-corrected chi connectivity index (χ1v) is 8.81. The molecule has 1 atom stereocenters. The van der Waals surface area contributed by atoms with Crippen molar-refractivity contribution in [1.29, 1.82) is 0 Å². The van der Waals surface area contributed by atoms with E-state index < -0.39 is 0 Å². The summed E-state index contributed by atoms with van der Waals surface area (Å²) in [6.45, 7) is 3.08. The smallest absolute Gasteiger partial charge is 0.315 e. The van der Waals surface area contributed by atoms with Crippen LogP contribution >= 0.6 is 0 Å². The van der Waals surface area contributed by atoms with Gasteiger partial charge in [0.1, 0.15) is 6.10 Å². The summed E-state index contributed by atoms with van der Waals surface area (Å²) in [5.41, 5.74) is 0.973. The standard InChI is InChI=1S/C18H25N5O2/c1-14(12-23-9-8-19-13-23)22-18(24)21-11-15-6-7-20-17(10-15)25-16-4-2-3-5-16/h6-10,13-14,16H,2-5,11-12H2,1H3,(H2,21,22,24). The summed E-state index contributed by atoms with van der Waals surface area (Å²) in [5, 5.41) is 5.79. The predicted octanol–water partition coefficient (Wildman–Crippen LogP) is 2.49. The van der Waals surface area contributed by atoms with Gasteiger partial charge in [0.25, 0.3) is 0 Å². The third kappa shape index (κ3) is 5.48. The fourth-order valence-electron chi connectivity index (χ4n) is 3.02. The highest BCUT2D eigenvalue weighted by Crippen LogP contribution is 2.23. The van der Waals surface area contributed by atoms with Crippen molar-refractivity contribution in [2.24, 2.45) is 0 Å². The molecule has 2 heterocycles. The quantitative estimate of drug-likeness (QED) is 0.809. The van der Waals surface area contributed by atoms with Crippen LogP contribution in [0.15, 0.2) is 37.1 Å². The molecule has 0 aliphatic heterocycles.